The molecule has 0 aliphatic rings. The molecule has 0 unspecified atom stereocenters. The van der Waals surface area contributed by atoms with Gasteiger partial charge >= 0.3 is 5.69 Å². The zero-order chi connectivity index (χ0) is 16.8. The maximum atomic E-state index is 12.7. The van der Waals surface area contributed by atoms with E-state index in [9.17, 15) is 13.2 Å². The third-order valence-corrected chi connectivity index (χ3v) is 5.38. The quantitative estimate of drug-likeness (QED) is 0.688. The second kappa shape index (κ2) is 5.27. The fourth-order valence-electron chi connectivity index (χ4n) is 2.48. The van der Waals surface area contributed by atoms with Crippen LogP contribution in [0.5, 0.6) is 0 Å². The lowest BCUT2D eigenvalue weighted by atomic mass is 10.1. The van der Waals surface area contributed by atoms with Crippen molar-refractivity contribution in [1.29, 1.82) is 0 Å². The predicted octanol–water partition coefficient (Wildman–Crippen LogP) is 2.58. The smallest absolute Gasteiger partial charge is 0.306 e. The van der Waals surface area contributed by atoms with Gasteiger partial charge in [0.25, 0.3) is 10.0 Å². The van der Waals surface area contributed by atoms with Gasteiger partial charge < -0.3 is 9.97 Å². The third-order valence-electron chi connectivity index (χ3n) is 3.86. The van der Waals surface area contributed by atoms with Crippen molar-refractivity contribution in [3.05, 3.63) is 57.5 Å². The molecule has 0 atom stereocenters. The van der Waals surface area contributed by atoms with E-state index in [4.69, 9.17) is 0 Å². The first-order chi connectivity index (χ1) is 10.8. The van der Waals surface area contributed by atoms with Crippen LogP contribution in [-0.2, 0) is 10.0 Å². The minimum absolute atomic E-state index is 0.137. The molecule has 0 saturated heterocycles. The van der Waals surface area contributed by atoms with Gasteiger partial charge in [-0.05, 0) is 61.7 Å². The number of imidazole rings is 1. The summed E-state index contributed by atoms with van der Waals surface area (Å²) in [6.45, 7) is 5.59. The second-order valence-electron chi connectivity index (χ2n) is 5.65. The molecule has 0 aliphatic heterocycles. The van der Waals surface area contributed by atoms with Gasteiger partial charge in [0.15, 0.2) is 0 Å². The largest absolute Gasteiger partial charge is 0.323 e. The molecule has 120 valence electrons. The number of sulfonamides is 1. The SMILES string of the molecule is Cc1ccc(NS(=O)(=O)c2cc3[nH]c(=O)[nH]c3cc2C)cc1C. The number of hydrogen-bond acceptors (Lipinski definition) is 3. The number of anilines is 1. The molecule has 7 heteroatoms. The highest BCUT2D eigenvalue weighted by Crippen LogP contribution is 2.24. The minimum Gasteiger partial charge on any atom is -0.306 e. The Kier molecular flexibility index (Phi) is 3.52. The van der Waals surface area contributed by atoms with Gasteiger partial charge in [-0.25, -0.2) is 13.2 Å². The number of rotatable bonds is 3. The number of H-pyrrole nitrogens is 2. The molecule has 0 amide bonds. The molecule has 2 aromatic carbocycles. The van der Waals surface area contributed by atoms with Gasteiger partial charge in [-0.1, -0.05) is 6.07 Å². The van der Waals surface area contributed by atoms with Crippen LogP contribution in [-0.4, -0.2) is 18.4 Å². The zero-order valence-corrected chi connectivity index (χ0v) is 13.8. The summed E-state index contributed by atoms with van der Waals surface area (Å²) in [6.07, 6.45) is 0. The van der Waals surface area contributed by atoms with E-state index < -0.39 is 10.0 Å². The van der Waals surface area contributed by atoms with E-state index in [1.54, 1.807) is 25.1 Å². The topological polar surface area (TPSA) is 94.8 Å². The monoisotopic (exact) mass is 331 g/mol. The van der Waals surface area contributed by atoms with Gasteiger partial charge in [0.1, 0.15) is 0 Å². The molecule has 0 saturated carbocycles. The second-order valence-corrected chi connectivity index (χ2v) is 7.30. The summed E-state index contributed by atoms with van der Waals surface area (Å²) < 4.78 is 27.9. The molecule has 3 rings (SSSR count). The first-order valence-corrected chi connectivity index (χ1v) is 8.57. The Bertz CT molecular complexity index is 1060. The van der Waals surface area contributed by atoms with Crippen molar-refractivity contribution in [1.82, 2.24) is 9.97 Å². The Balaban J connectivity index is 2.06. The Morgan fingerprint density at radius 3 is 2.17 bits per heavy atom. The Hall–Kier alpha value is -2.54. The zero-order valence-electron chi connectivity index (χ0n) is 13.0. The van der Waals surface area contributed by atoms with E-state index in [2.05, 4.69) is 14.7 Å². The van der Waals surface area contributed by atoms with Gasteiger partial charge in [-0.15, -0.1) is 0 Å². The van der Waals surface area contributed by atoms with Gasteiger partial charge in [0.05, 0.1) is 15.9 Å². The summed E-state index contributed by atoms with van der Waals surface area (Å²) in [5, 5.41) is 0. The van der Waals surface area contributed by atoms with Crippen LogP contribution in [0.2, 0.25) is 0 Å². The van der Waals surface area contributed by atoms with Crippen molar-refractivity contribution in [2.24, 2.45) is 0 Å². The predicted molar refractivity (Wildman–Crippen MR) is 90.4 cm³/mol. The lowest BCUT2D eigenvalue weighted by molar-refractivity contribution is 0.600. The van der Waals surface area contributed by atoms with Crippen LogP contribution in [0.25, 0.3) is 11.0 Å². The molecular formula is C16H17N3O3S. The number of aromatic nitrogens is 2. The fraction of sp³-hybridized carbons (Fsp3) is 0.188. The Labute approximate surface area is 133 Å². The standard InChI is InChI=1S/C16H17N3O3S/c1-9-4-5-12(6-10(9)2)19-23(21,22)15-8-14-13(7-11(15)3)17-16(20)18-14/h4-8,19H,1-3H3,(H2,17,18,20). The van der Waals surface area contributed by atoms with E-state index in [0.29, 0.717) is 22.3 Å². The van der Waals surface area contributed by atoms with Gasteiger partial charge in [0.2, 0.25) is 0 Å². The van der Waals surface area contributed by atoms with Crippen molar-refractivity contribution in [3.63, 3.8) is 0 Å². The van der Waals surface area contributed by atoms with Crippen LogP contribution in [0.15, 0.2) is 40.0 Å². The van der Waals surface area contributed by atoms with Crippen LogP contribution in [0.3, 0.4) is 0 Å². The fourth-order valence-corrected chi connectivity index (χ4v) is 3.78. The highest BCUT2D eigenvalue weighted by Gasteiger charge is 2.19. The minimum atomic E-state index is -3.74. The lowest BCUT2D eigenvalue weighted by Gasteiger charge is -2.12. The summed E-state index contributed by atoms with van der Waals surface area (Å²) in [6, 6.07) is 8.49. The van der Waals surface area contributed by atoms with Crippen LogP contribution < -0.4 is 10.4 Å². The van der Waals surface area contributed by atoms with Crippen molar-refractivity contribution in [2.45, 2.75) is 25.7 Å². The molecule has 3 aromatic rings. The number of aryl methyl sites for hydroxylation is 3. The van der Waals surface area contributed by atoms with E-state index in [-0.39, 0.29) is 10.6 Å². The maximum Gasteiger partial charge on any atom is 0.323 e. The molecule has 0 bridgehead atoms. The molecule has 0 radical (unpaired) electrons. The normalized spacial score (nSPS) is 11.8. The Morgan fingerprint density at radius 2 is 1.52 bits per heavy atom. The van der Waals surface area contributed by atoms with Gasteiger partial charge in [0, 0.05) is 5.69 Å². The van der Waals surface area contributed by atoms with Crippen molar-refractivity contribution < 1.29 is 8.42 Å². The number of nitrogens with one attached hydrogen (secondary N) is 3. The Morgan fingerprint density at radius 1 is 0.870 bits per heavy atom. The molecule has 6 nitrogen and oxygen atoms in total. The molecule has 0 fully saturated rings. The number of fused-ring (bicyclic) bond motifs is 1. The average molecular weight is 331 g/mol. The van der Waals surface area contributed by atoms with E-state index in [0.717, 1.165) is 11.1 Å². The molecule has 1 aromatic heterocycles. The summed E-state index contributed by atoms with van der Waals surface area (Å²) in [5.41, 5.74) is 3.84. The molecule has 1 heterocycles. The van der Waals surface area contributed by atoms with Crippen LogP contribution in [0, 0.1) is 20.8 Å². The van der Waals surface area contributed by atoms with Crippen LogP contribution in [0.1, 0.15) is 16.7 Å². The highest BCUT2D eigenvalue weighted by molar-refractivity contribution is 7.92. The van der Waals surface area contributed by atoms with E-state index in [1.807, 2.05) is 19.9 Å². The number of benzene rings is 2. The summed E-state index contributed by atoms with van der Waals surface area (Å²) >= 11 is 0. The number of aromatic amines is 2. The van der Waals surface area contributed by atoms with Crippen molar-refractivity contribution >= 4 is 26.7 Å². The van der Waals surface area contributed by atoms with Crippen LogP contribution >= 0.6 is 0 Å². The molecule has 0 spiro atoms. The van der Waals surface area contributed by atoms with Crippen molar-refractivity contribution in [3.8, 4) is 0 Å². The summed E-state index contributed by atoms with van der Waals surface area (Å²) in [4.78, 5) is 16.7. The summed E-state index contributed by atoms with van der Waals surface area (Å²) in [7, 11) is -3.74. The van der Waals surface area contributed by atoms with Crippen molar-refractivity contribution in [2.75, 3.05) is 4.72 Å². The lowest BCUT2D eigenvalue weighted by Crippen LogP contribution is -2.14. The highest BCUT2D eigenvalue weighted by atomic mass is 32.2. The summed E-state index contributed by atoms with van der Waals surface area (Å²) in [5.74, 6) is 0. The first-order valence-electron chi connectivity index (χ1n) is 7.09. The molecule has 3 N–H and O–H groups in total. The molecule has 0 aliphatic carbocycles. The third kappa shape index (κ3) is 2.87. The molecular weight excluding hydrogens is 314 g/mol. The van der Waals surface area contributed by atoms with Gasteiger partial charge in [-0.3, -0.25) is 4.72 Å². The number of hydrogen-bond donors (Lipinski definition) is 3. The van der Waals surface area contributed by atoms with Gasteiger partial charge in [-0.2, -0.15) is 0 Å². The maximum absolute atomic E-state index is 12.7. The van der Waals surface area contributed by atoms with E-state index >= 15 is 0 Å². The molecule has 23 heavy (non-hydrogen) atoms. The van der Waals surface area contributed by atoms with Crippen LogP contribution in [0.4, 0.5) is 5.69 Å². The average Bonchev–Trinajstić information content (AvgIpc) is 2.80. The first kappa shape index (κ1) is 15.4. The van der Waals surface area contributed by atoms with E-state index in [1.165, 1.54) is 6.07 Å².